The van der Waals surface area contributed by atoms with Gasteiger partial charge in [-0.15, -0.1) is 0 Å². The molecular weight excluding hydrogens is 220 g/mol. The molecule has 0 aromatic rings. The van der Waals surface area contributed by atoms with Crippen LogP contribution < -0.4 is 10.6 Å². The van der Waals surface area contributed by atoms with Gasteiger partial charge in [0.2, 0.25) is 11.8 Å². The summed E-state index contributed by atoms with van der Waals surface area (Å²) in [5.41, 5.74) is 0. The fourth-order valence-electron chi connectivity index (χ4n) is 1.73. The molecule has 2 unspecified atom stereocenters. The van der Waals surface area contributed by atoms with Gasteiger partial charge in [0.15, 0.2) is 0 Å². The highest BCUT2D eigenvalue weighted by Crippen LogP contribution is 2.38. The number of methoxy groups -OCH3 is 1. The summed E-state index contributed by atoms with van der Waals surface area (Å²) in [5, 5.41) is 5.65. The second kappa shape index (κ2) is 6.59. The summed E-state index contributed by atoms with van der Waals surface area (Å²) in [5.74, 6) is -0.266. The van der Waals surface area contributed by atoms with Crippen molar-refractivity contribution < 1.29 is 14.3 Å². The third kappa shape index (κ3) is 4.73. The van der Waals surface area contributed by atoms with Crippen LogP contribution >= 0.6 is 0 Å². The highest BCUT2D eigenvalue weighted by atomic mass is 16.5. The van der Waals surface area contributed by atoms with Crippen molar-refractivity contribution in [1.82, 2.24) is 10.6 Å². The monoisotopic (exact) mass is 242 g/mol. The largest absolute Gasteiger partial charge is 0.385 e. The number of rotatable bonds is 7. The van der Waals surface area contributed by atoms with Gasteiger partial charge in [0.1, 0.15) is 0 Å². The van der Waals surface area contributed by atoms with Crippen molar-refractivity contribution >= 4 is 11.8 Å². The number of ether oxygens (including phenoxy) is 1. The lowest BCUT2D eigenvalue weighted by molar-refractivity contribution is -0.127. The normalized spacial score (nSPS) is 22.4. The van der Waals surface area contributed by atoms with Gasteiger partial charge in [0.05, 0.1) is 11.8 Å². The summed E-state index contributed by atoms with van der Waals surface area (Å²) in [6.07, 6.45) is 1.48. The van der Waals surface area contributed by atoms with Crippen LogP contribution in [0.4, 0.5) is 0 Å². The molecule has 0 aliphatic heterocycles. The van der Waals surface area contributed by atoms with Crippen LogP contribution in [0.3, 0.4) is 0 Å². The Bertz CT molecular complexity index is 279. The van der Waals surface area contributed by atoms with Crippen LogP contribution in [0.25, 0.3) is 0 Å². The summed E-state index contributed by atoms with van der Waals surface area (Å²) in [6.45, 7) is 5.09. The zero-order valence-corrected chi connectivity index (χ0v) is 10.8. The second-order valence-corrected chi connectivity index (χ2v) is 4.75. The standard InChI is InChI=1S/C12H22N2O3/c1-8(2)14-12(16)10-7-9(10)11(15)13-5-4-6-17-3/h8-10H,4-7H2,1-3H3,(H,13,15)(H,14,16). The van der Waals surface area contributed by atoms with Crippen LogP contribution in [0, 0.1) is 11.8 Å². The van der Waals surface area contributed by atoms with Crippen molar-refractivity contribution in [3.05, 3.63) is 0 Å². The van der Waals surface area contributed by atoms with E-state index in [2.05, 4.69) is 10.6 Å². The SMILES string of the molecule is COCCCNC(=O)C1CC1C(=O)NC(C)C. The van der Waals surface area contributed by atoms with Gasteiger partial charge < -0.3 is 15.4 Å². The Morgan fingerprint density at radius 2 is 1.94 bits per heavy atom. The van der Waals surface area contributed by atoms with Crippen molar-refractivity contribution in [3.8, 4) is 0 Å². The molecule has 0 aromatic carbocycles. The molecule has 0 aromatic heterocycles. The summed E-state index contributed by atoms with van der Waals surface area (Å²) >= 11 is 0. The average Bonchev–Trinajstić information content (AvgIpc) is 3.03. The highest BCUT2D eigenvalue weighted by molar-refractivity contribution is 5.92. The van der Waals surface area contributed by atoms with E-state index in [4.69, 9.17) is 4.74 Å². The minimum absolute atomic E-state index is 0.00274. The van der Waals surface area contributed by atoms with Gasteiger partial charge in [0, 0.05) is 26.3 Å². The maximum Gasteiger partial charge on any atom is 0.224 e. The number of carbonyl (C=O) groups excluding carboxylic acids is 2. The summed E-state index contributed by atoms with van der Waals surface area (Å²) < 4.78 is 4.89. The molecular formula is C12H22N2O3. The van der Waals surface area contributed by atoms with Crippen molar-refractivity contribution in [2.75, 3.05) is 20.3 Å². The van der Waals surface area contributed by atoms with Gasteiger partial charge in [-0.2, -0.15) is 0 Å². The molecule has 98 valence electrons. The molecule has 2 N–H and O–H groups in total. The van der Waals surface area contributed by atoms with E-state index < -0.39 is 0 Å². The highest BCUT2D eigenvalue weighted by Gasteiger charge is 2.47. The van der Waals surface area contributed by atoms with Gasteiger partial charge in [-0.25, -0.2) is 0 Å². The van der Waals surface area contributed by atoms with Crippen molar-refractivity contribution in [3.63, 3.8) is 0 Å². The molecule has 2 atom stereocenters. The quantitative estimate of drug-likeness (QED) is 0.631. The first kappa shape index (κ1) is 14.0. The molecule has 1 rings (SSSR count). The Labute approximate surface area is 102 Å². The maximum absolute atomic E-state index is 11.6. The first-order chi connectivity index (χ1) is 8.06. The molecule has 0 radical (unpaired) electrons. The number of carbonyl (C=O) groups is 2. The van der Waals surface area contributed by atoms with E-state index in [1.165, 1.54) is 0 Å². The summed E-state index contributed by atoms with van der Waals surface area (Å²) in [4.78, 5) is 23.2. The maximum atomic E-state index is 11.6. The molecule has 2 amide bonds. The van der Waals surface area contributed by atoms with Crippen LogP contribution in [0.1, 0.15) is 26.7 Å². The van der Waals surface area contributed by atoms with Gasteiger partial charge >= 0.3 is 0 Å². The first-order valence-electron chi connectivity index (χ1n) is 6.13. The Morgan fingerprint density at radius 3 is 2.53 bits per heavy atom. The van der Waals surface area contributed by atoms with Crippen LogP contribution in [0.5, 0.6) is 0 Å². The predicted molar refractivity (Wildman–Crippen MR) is 64.4 cm³/mol. The van der Waals surface area contributed by atoms with Crippen LogP contribution in [-0.2, 0) is 14.3 Å². The second-order valence-electron chi connectivity index (χ2n) is 4.75. The average molecular weight is 242 g/mol. The molecule has 5 nitrogen and oxygen atoms in total. The summed E-state index contributed by atoms with van der Waals surface area (Å²) in [7, 11) is 1.63. The molecule has 0 heterocycles. The number of amides is 2. The minimum Gasteiger partial charge on any atom is -0.385 e. The third-order valence-electron chi connectivity index (χ3n) is 2.72. The van der Waals surface area contributed by atoms with Gasteiger partial charge in [-0.1, -0.05) is 0 Å². The number of hydrogen-bond donors (Lipinski definition) is 2. The van der Waals surface area contributed by atoms with E-state index in [1.54, 1.807) is 7.11 Å². The van der Waals surface area contributed by atoms with E-state index in [9.17, 15) is 9.59 Å². The van der Waals surface area contributed by atoms with Crippen molar-refractivity contribution in [1.29, 1.82) is 0 Å². The van der Waals surface area contributed by atoms with E-state index in [1.807, 2.05) is 13.8 Å². The topological polar surface area (TPSA) is 67.4 Å². The summed E-state index contributed by atoms with van der Waals surface area (Å²) in [6, 6.07) is 0.133. The first-order valence-corrected chi connectivity index (χ1v) is 6.13. The molecule has 17 heavy (non-hydrogen) atoms. The van der Waals surface area contributed by atoms with Crippen LogP contribution in [-0.4, -0.2) is 38.1 Å². The van der Waals surface area contributed by atoms with Gasteiger partial charge in [0.25, 0.3) is 0 Å². The molecule has 1 fully saturated rings. The van der Waals surface area contributed by atoms with E-state index in [0.29, 0.717) is 19.6 Å². The lowest BCUT2D eigenvalue weighted by atomic mass is 10.2. The molecule has 1 aliphatic carbocycles. The fraction of sp³-hybridized carbons (Fsp3) is 0.833. The van der Waals surface area contributed by atoms with Gasteiger partial charge in [-0.3, -0.25) is 9.59 Å². The predicted octanol–water partition coefficient (Wildman–Crippen LogP) is 0.300. The molecule has 1 saturated carbocycles. The number of hydrogen-bond acceptors (Lipinski definition) is 3. The van der Waals surface area contributed by atoms with Gasteiger partial charge in [-0.05, 0) is 26.7 Å². The Kier molecular flexibility index (Phi) is 5.41. The van der Waals surface area contributed by atoms with Crippen LogP contribution in [0.15, 0.2) is 0 Å². The van der Waals surface area contributed by atoms with Crippen molar-refractivity contribution in [2.45, 2.75) is 32.7 Å². The Morgan fingerprint density at radius 1 is 1.29 bits per heavy atom. The molecule has 0 saturated heterocycles. The zero-order chi connectivity index (χ0) is 12.8. The lowest BCUT2D eigenvalue weighted by Gasteiger charge is -2.08. The smallest absolute Gasteiger partial charge is 0.224 e. The lowest BCUT2D eigenvalue weighted by Crippen LogP contribution is -2.34. The minimum atomic E-state index is -0.128. The zero-order valence-electron chi connectivity index (χ0n) is 10.8. The van der Waals surface area contributed by atoms with E-state index in [-0.39, 0.29) is 29.7 Å². The van der Waals surface area contributed by atoms with E-state index in [0.717, 1.165) is 6.42 Å². The Balaban J connectivity index is 2.17. The third-order valence-corrected chi connectivity index (χ3v) is 2.72. The molecule has 1 aliphatic rings. The van der Waals surface area contributed by atoms with Crippen molar-refractivity contribution in [2.24, 2.45) is 11.8 Å². The van der Waals surface area contributed by atoms with Crippen LogP contribution in [0.2, 0.25) is 0 Å². The Hall–Kier alpha value is -1.10. The molecule has 5 heteroatoms. The molecule has 0 spiro atoms. The fourth-order valence-corrected chi connectivity index (χ4v) is 1.73. The molecule has 0 bridgehead atoms. The van der Waals surface area contributed by atoms with E-state index >= 15 is 0 Å². The number of nitrogens with one attached hydrogen (secondary N) is 2.